The first-order chi connectivity index (χ1) is 13.5. The molecule has 0 saturated heterocycles. The van der Waals surface area contributed by atoms with Gasteiger partial charge in [-0.1, -0.05) is 0 Å². The van der Waals surface area contributed by atoms with E-state index in [2.05, 4.69) is 20.5 Å². The molecule has 3 rings (SSSR count). The molecule has 0 aliphatic carbocycles. The van der Waals surface area contributed by atoms with Crippen molar-refractivity contribution in [3.63, 3.8) is 0 Å². The molecule has 3 aromatic rings. The molecule has 0 aromatic heterocycles. The van der Waals surface area contributed by atoms with E-state index in [1.54, 1.807) is 24.3 Å². The Bertz CT molecular complexity index is 958. The van der Waals surface area contributed by atoms with Crippen LogP contribution in [0.25, 0.3) is 0 Å². The Balaban J connectivity index is 1.64. The molecule has 10 heteroatoms. The van der Waals surface area contributed by atoms with Crippen molar-refractivity contribution >= 4 is 34.1 Å². The average Bonchev–Trinajstić information content (AvgIpc) is 2.72. The van der Waals surface area contributed by atoms with Crippen LogP contribution in [0.3, 0.4) is 0 Å². The smallest absolute Gasteiger partial charge is 0.258 e. The van der Waals surface area contributed by atoms with E-state index in [9.17, 15) is 20.2 Å². The van der Waals surface area contributed by atoms with Crippen molar-refractivity contribution in [1.82, 2.24) is 0 Å². The summed E-state index contributed by atoms with van der Waals surface area (Å²) >= 11 is 0. The van der Waals surface area contributed by atoms with Gasteiger partial charge in [0.15, 0.2) is 0 Å². The molecule has 0 amide bonds. The minimum absolute atomic E-state index is 0.0123. The van der Waals surface area contributed by atoms with Gasteiger partial charge in [0, 0.05) is 24.3 Å². The van der Waals surface area contributed by atoms with Gasteiger partial charge in [0.1, 0.15) is 0 Å². The summed E-state index contributed by atoms with van der Waals surface area (Å²) < 4.78 is 0. The van der Waals surface area contributed by atoms with E-state index >= 15 is 0 Å². The van der Waals surface area contributed by atoms with E-state index < -0.39 is 9.85 Å². The van der Waals surface area contributed by atoms with Crippen molar-refractivity contribution in [2.24, 2.45) is 20.5 Å². The highest BCUT2D eigenvalue weighted by atomic mass is 16.6. The molecule has 0 heterocycles. The van der Waals surface area contributed by atoms with Gasteiger partial charge in [-0.25, -0.2) is 0 Å². The third-order valence-electron chi connectivity index (χ3n) is 3.53. The first-order valence-electron chi connectivity index (χ1n) is 7.94. The Hall–Kier alpha value is -4.34. The zero-order chi connectivity index (χ0) is 19.9. The van der Waals surface area contributed by atoms with Crippen LogP contribution in [0.2, 0.25) is 0 Å². The number of hydrogen-bond acceptors (Lipinski definition) is 8. The quantitative estimate of drug-likeness (QED) is 0.282. The highest BCUT2D eigenvalue weighted by Crippen LogP contribution is 2.25. The average molecular weight is 376 g/mol. The number of azo groups is 2. The fourth-order valence-electron chi connectivity index (χ4n) is 2.10. The predicted octanol–water partition coefficient (Wildman–Crippen LogP) is 6.33. The maximum atomic E-state index is 10.6. The third-order valence-corrected chi connectivity index (χ3v) is 3.53. The lowest BCUT2D eigenvalue weighted by molar-refractivity contribution is -0.385. The minimum Gasteiger partial charge on any atom is -0.258 e. The maximum Gasteiger partial charge on any atom is 0.269 e. The lowest BCUT2D eigenvalue weighted by Crippen LogP contribution is -1.85. The summed E-state index contributed by atoms with van der Waals surface area (Å²) in [6.45, 7) is 0. The summed E-state index contributed by atoms with van der Waals surface area (Å²) in [5, 5.41) is 37.4. The summed E-state index contributed by atoms with van der Waals surface area (Å²) in [7, 11) is 0. The van der Waals surface area contributed by atoms with Gasteiger partial charge in [-0.05, 0) is 48.5 Å². The maximum absolute atomic E-state index is 10.6. The molecule has 0 unspecified atom stereocenters. The van der Waals surface area contributed by atoms with Crippen LogP contribution in [0.1, 0.15) is 0 Å². The summed E-state index contributed by atoms with van der Waals surface area (Å²) in [5.41, 5.74) is 2.11. The molecule has 0 fully saturated rings. The van der Waals surface area contributed by atoms with Gasteiger partial charge in [-0.3, -0.25) is 20.2 Å². The lowest BCUT2D eigenvalue weighted by atomic mass is 10.3. The van der Waals surface area contributed by atoms with Crippen LogP contribution in [-0.2, 0) is 0 Å². The molecular weight excluding hydrogens is 364 g/mol. The van der Waals surface area contributed by atoms with E-state index in [1.807, 2.05) is 0 Å². The Kier molecular flexibility index (Phi) is 5.51. The number of nitro benzene ring substituents is 2. The van der Waals surface area contributed by atoms with E-state index in [1.165, 1.54) is 48.5 Å². The molecule has 138 valence electrons. The van der Waals surface area contributed by atoms with Crippen LogP contribution in [-0.4, -0.2) is 9.85 Å². The molecule has 0 aliphatic heterocycles. The SMILES string of the molecule is O=[N+]([O-])c1ccc(N=Nc2ccc(N=Nc3ccc([N+](=O)[O-])cc3)cc2)cc1. The second-order valence-corrected chi connectivity index (χ2v) is 5.46. The monoisotopic (exact) mass is 376 g/mol. The molecule has 0 N–H and O–H groups in total. The Morgan fingerprint density at radius 2 is 0.679 bits per heavy atom. The molecule has 0 aliphatic rings. The number of benzene rings is 3. The van der Waals surface area contributed by atoms with Crippen molar-refractivity contribution in [2.75, 3.05) is 0 Å². The molecule has 0 bridgehead atoms. The van der Waals surface area contributed by atoms with Crippen molar-refractivity contribution in [1.29, 1.82) is 0 Å². The predicted molar refractivity (Wildman–Crippen MR) is 101 cm³/mol. The third kappa shape index (κ3) is 4.85. The van der Waals surface area contributed by atoms with Gasteiger partial charge in [-0.2, -0.15) is 20.5 Å². The number of hydrogen-bond donors (Lipinski definition) is 0. The first kappa shape index (κ1) is 18.5. The fraction of sp³-hybridized carbons (Fsp3) is 0. The van der Waals surface area contributed by atoms with E-state index in [4.69, 9.17) is 0 Å². The van der Waals surface area contributed by atoms with E-state index in [-0.39, 0.29) is 11.4 Å². The Labute approximate surface area is 158 Å². The molecule has 0 radical (unpaired) electrons. The van der Waals surface area contributed by atoms with Crippen LogP contribution in [0.5, 0.6) is 0 Å². The van der Waals surface area contributed by atoms with Crippen LogP contribution >= 0.6 is 0 Å². The highest BCUT2D eigenvalue weighted by Gasteiger charge is 2.04. The lowest BCUT2D eigenvalue weighted by Gasteiger charge is -1.96. The molecule has 28 heavy (non-hydrogen) atoms. The summed E-state index contributed by atoms with van der Waals surface area (Å²) in [4.78, 5) is 20.3. The normalized spacial score (nSPS) is 11.1. The molecular formula is C18H12N6O4. The molecule has 3 aromatic carbocycles. The van der Waals surface area contributed by atoms with Gasteiger partial charge in [-0.15, -0.1) is 0 Å². The van der Waals surface area contributed by atoms with Gasteiger partial charge in [0.2, 0.25) is 0 Å². The molecule has 0 spiro atoms. The van der Waals surface area contributed by atoms with Crippen LogP contribution in [0.15, 0.2) is 93.3 Å². The second-order valence-electron chi connectivity index (χ2n) is 5.46. The van der Waals surface area contributed by atoms with Crippen LogP contribution in [0.4, 0.5) is 34.1 Å². The zero-order valence-electron chi connectivity index (χ0n) is 14.2. The minimum atomic E-state index is -0.481. The van der Waals surface area contributed by atoms with Crippen LogP contribution in [0, 0.1) is 20.2 Å². The van der Waals surface area contributed by atoms with Crippen molar-refractivity contribution < 1.29 is 9.85 Å². The Morgan fingerprint density at radius 1 is 0.464 bits per heavy atom. The van der Waals surface area contributed by atoms with Gasteiger partial charge in [0.25, 0.3) is 11.4 Å². The van der Waals surface area contributed by atoms with E-state index in [0.29, 0.717) is 22.7 Å². The summed E-state index contributed by atoms with van der Waals surface area (Å²) in [6, 6.07) is 18.2. The molecule has 10 nitrogen and oxygen atoms in total. The standard InChI is InChI=1S/C18H12N6O4/c25-23(26)17-9-5-15(6-10-17)21-19-13-1-2-14(4-3-13)20-22-16-7-11-18(12-8-16)24(27)28/h1-12H. The number of rotatable bonds is 6. The number of nitro groups is 2. The van der Waals surface area contributed by atoms with Crippen molar-refractivity contribution in [2.45, 2.75) is 0 Å². The van der Waals surface area contributed by atoms with Crippen molar-refractivity contribution in [3.8, 4) is 0 Å². The first-order valence-corrected chi connectivity index (χ1v) is 7.94. The van der Waals surface area contributed by atoms with Gasteiger partial charge < -0.3 is 0 Å². The second kappa shape index (κ2) is 8.36. The molecule has 0 atom stereocenters. The largest absolute Gasteiger partial charge is 0.269 e. The fourth-order valence-corrected chi connectivity index (χ4v) is 2.10. The van der Waals surface area contributed by atoms with Gasteiger partial charge in [0.05, 0.1) is 32.6 Å². The van der Waals surface area contributed by atoms with Crippen molar-refractivity contribution in [3.05, 3.63) is 93.0 Å². The number of non-ortho nitro benzene ring substituents is 2. The van der Waals surface area contributed by atoms with Gasteiger partial charge >= 0.3 is 0 Å². The van der Waals surface area contributed by atoms with Crippen LogP contribution < -0.4 is 0 Å². The Morgan fingerprint density at radius 3 is 0.893 bits per heavy atom. The molecule has 0 saturated carbocycles. The summed E-state index contributed by atoms with van der Waals surface area (Å²) in [6.07, 6.45) is 0. The topological polar surface area (TPSA) is 136 Å². The highest BCUT2D eigenvalue weighted by molar-refractivity contribution is 5.49. The number of nitrogens with zero attached hydrogens (tertiary/aromatic N) is 6. The zero-order valence-corrected chi connectivity index (χ0v) is 14.2. The summed E-state index contributed by atoms with van der Waals surface area (Å²) in [5.74, 6) is 0. The van der Waals surface area contributed by atoms with E-state index in [0.717, 1.165) is 0 Å².